The van der Waals surface area contributed by atoms with Crippen molar-refractivity contribution >= 4 is 5.91 Å². The van der Waals surface area contributed by atoms with E-state index in [9.17, 15) is 4.79 Å². The molecule has 0 bridgehead atoms. The van der Waals surface area contributed by atoms with E-state index in [1.165, 1.54) is 0 Å². The van der Waals surface area contributed by atoms with Crippen molar-refractivity contribution in [1.82, 2.24) is 9.80 Å². The Morgan fingerprint density at radius 1 is 1.17 bits per heavy atom. The van der Waals surface area contributed by atoms with E-state index in [4.69, 9.17) is 14.2 Å². The van der Waals surface area contributed by atoms with Gasteiger partial charge in [-0.15, -0.1) is 0 Å². The molecule has 1 aromatic carbocycles. The molecule has 0 N–H and O–H groups in total. The van der Waals surface area contributed by atoms with Crippen LogP contribution >= 0.6 is 0 Å². The molecule has 1 unspecified atom stereocenters. The number of amides is 1. The molecule has 3 rings (SSSR count). The first-order valence-electron chi connectivity index (χ1n) is 11.3. The van der Waals surface area contributed by atoms with Gasteiger partial charge in [-0.3, -0.25) is 9.69 Å². The molecule has 2 aliphatic heterocycles. The summed E-state index contributed by atoms with van der Waals surface area (Å²) in [7, 11) is 0. The molecule has 1 aromatic rings. The molecule has 30 heavy (non-hydrogen) atoms. The number of rotatable bonds is 9. The summed E-state index contributed by atoms with van der Waals surface area (Å²) >= 11 is 0. The van der Waals surface area contributed by atoms with Crippen molar-refractivity contribution in [2.24, 2.45) is 11.3 Å². The Hall–Kier alpha value is -1.79. The molecule has 168 valence electrons. The Morgan fingerprint density at radius 2 is 1.90 bits per heavy atom. The quantitative estimate of drug-likeness (QED) is 0.608. The van der Waals surface area contributed by atoms with Crippen LogP contribution in [0.15, 0.2) is 18.2 Å². The highest BCUT2D eigenvalue weighted by Crippen LogP contribution is 2.33. The van der Waals surface area contributed by atoms with Gasteiger partial charge in [0.15, 0.2) is 11.5 Å². The molecule has 1 saturated heterocycles. The zero-order chi connectivity index (χ0) is 21.6. The van der Waals surface area contributed by atoms with Crippen LogP contribution in [0.5, 0.6) is 11.5 Å². The smallest absolute Gasteiger partial charge is 0.231 e. The topological polar surface area (TPSA) is 51.2 Å². The van der Waals surface area contributed by atoms with Crippen LogP contribution < -0.4 is 9.47 Å². The molecular weight excluding hydrogens is 380 g/mol. The maximum Gasteiger partial charge on any atom is 0.231 e. The Labute approximate surface area is 181 Å². The first-order valence-corrected chi connectivity index (χ1v) is 11.3. The maximum absolute atomic E-state index is 13.2. The van der Waals surface area contributed by atoms with Crippen LogP contribution in [0.2, 0.25) is 0 Å². The van der Waals surface area contributed by atoms with E-state index in [2.05, 4.69) is 32.6 Å². The summed E-state index contributed by atoms with van der Waals surface area (Å²) in [6.07, 6.45) is 2.62. The summed E-state index contributed by atoms with van der Waals surface area (Å²) < 4.78 is 16.4. The molecule has 1 fully saturated rings. The molecule has 1 amide bonds. The number of hydrogen-bond acceptors (Lipinski definition) is 5. The zero-order valence-corrected chi connectivity index (χ0v) is 19.1. The lowest BCUT2D eigenvalue weighted by molar-refractivity contribution is -0.133. The van der Waals surface area contributed by atoms with Crippen molar-refractivity contribution < 1.29 is 19.0 Å². The normalized spacial score (nSPS) is 17.7. The van der Waals surface area contributed by atoms with Crippen LogP contribution in [-0.2, 0) is 16.1 Å². The van der Waals surface area contributed by atoms with E-state index in [-0.39, 0.29) is 18.1 Å². The van der Waals surface area contributed by atoms with Gasteiger partial charge in [-0.05, 0) is 41.9 Å². The largest absolute Gasteiger partial charge is 0.454 e. The van der Waals surface area contributed by atoms with E-state index in [1.807, 2.05) is 23.1 Å². The fourth-order valence-electron chi connectivity index (χ4n) is 4.41. The summed E-state index contributed by atoms with van der Waals surface area (Å²) in [5, 5.41) is 0. The van der Waals surface area contributed by atoms with Gasteiger partial charge in [-0.25, -0.2) is 0 Å². The molecule has 2 heterocycles. The van der Waals surface area contributed by atoms with Crippen LogP contribution in [0.25, 0.3) is 0 Å². The predicted molar refractivity (Wildman–Crippen MR) is 118 cm³/mol. The Morgan fingerprint density at radius 3 is 2.63 bits per heavy atom. The maximum atomic E-state index is 13.2. The molecule has 2 aliphatic rings. The van der Waals surface area contributed by atoms with Crippen molar-refractivity contribution in [3.63, 3.8) is 0 Å². The first kappa shape index (κ1) is 22.9. The summed E-state index contributed by atoms with van der Waals surface area (Å²) in [5.74, 6) is 2.17. The van der Waals surface area contributed by atoms with Gasteiger partial charge in [0.25, 0.3) is 0 Å². The molecule has 6 nitrogen and oxygen atoms in total. The number of fused-ring (bicyclic) bond motifs is 1. The molecular formula is C24H38N2O4. The minimum atomic E-state index is 0.234. The third-order valence-electron chi connectivity index (χ3n) is 5.65. The number of hydrogen-bond donors (Lipinski definition) is 0. The van der Waals surface area contributed by atoms with Gasteiger partial charge < -0.3 is 19.1 Å². The average Bonchev–Trinajstić information content (AvgIpc) is 3.14. The molecule has 0 aliphatic carbocycles. The lowest BCUT2D eigenvalue weighted by Crippen LogP contribution is -2.39. The number of benzene rings is 1. The number of ether oxygens (including phenoxy) is 3. The highest BCUT2D eigenvalue weighted by molar-refractivity contribution is 5.76. The fraction of sp³-hybridized carbons (Fsp3) is 0.708. The molecule has 0 saturated carbocycles. The molecule has 1 atom stereocenters. The lowest BCUT2D eigenvalue weighted by atomic mass is 9.84. The van der Waals surface area contributed by atoms with Crippen LogP contribution in [0.1, 0.15) is 52.5 Å². The van der Waals surface area contributed by atoms with Crippen molar-refractivity contribution in [2.45, 2.75) is 53.5 Å². The highest BCUT2D eigenvalue weighted by Gasteiger charge is 2.22. The summed E-state index contributed by atoms with van der Waals surface area (Å²) in [4.78, 5) is 17.6. The van der Waals surface area contributed by atoms with Crippen molar-refractivity contribution in [1.29, 1.82) is 0 Å². The fourth-order valence-corrected chi connectivity index (χ4v) is 4.41. The Kier molecular flexibility index (Phi) is 8.00. The summed E-state index contributed by atoms with van der Waals surface area (Å²) in [5.41, 5.74) is 1.32. The Balaban J connectivity index is 1.60. The third-order valence-corrected chi connectivity index (χ3v) is 5.65. The van der Waals surface area contributed by atoms with Crippen LogP contribution in [0.4, 0.5) is 0 Å². The molecule has 6 heteroatoms. The van der Waals surface area contributed by atoms with Crippen LogP contribution in [0, 0.1) is 11.3 Å². The number of carbonyl (C=O) groups excluding carboxylic acids is 1. The van der Waals surface area contributed by atoms with E-state index >= 15 is 0 Å². The van der Waals surface area contributed by atoms with Crippen molar-refractivity contribution in [2.75, 3.05) is 46.2 Å². The van der Waals surface area contributed by atoms with E-state index in [0.29, 0.717) is 18.9 Å². The summed E-state index contributed by atoms with van der Waals surface area (Å²) in [6.45, 7) is 15.1. The van der Waals surface area contributed by atoms with Crippen LogP contribution in [0.3, 0.4) is 0 Å². The number of carbonyl (C=O) groups is 1. The lowest BCUT2D eigenvalue weighted by Gasteiger charge is -2.29. The van der Waals surface area contributed by atoms with Gasteiger partial charge in [0.05, 0.1) is 13.2 Å². The van der Waals surface area contributed by atoms with Crippen LogP contribution in [-0.4, -0.2) is 61.9 Å². The van der Waals surface area contributed by atoms with E-state index in [1.54, 1.807) is 0 Å². The van der Waals surface area contributed by atoms with Gasteiger partial charge in [0.1, 0.15) is 0 Å². The summed E-state index contributed by atoms with van der Waals surface area (Å²) in [6, 6.07) is 5.98. The van der Waals surface area contributed by atoms with Gasteiger partial charge in [0, 0.05) is 39.1 Å². The second-order valence-corrected chi connectivity index (χ2v) is 9.88. The highest BCUT2D eigenvalue weighted by atomic mass is 16.7. The molecule has 0 radical (unpaired) electrons. The van der Waals surface area contributed by atoms with E-state index < -0.39 is 0 Å². The second kappa shape index (κ2) is 10.5. The SMILES string of the molecule is CC(CC(=O)N(CCCN1CCOCC1)Cc1ccc2c(c1)OCO2)CC(C)(C)C. The third kappa shape index (κ3) is 7.17. The number of nitrogens with zero attached hydrogens (tertiary/aromatic N) is 2. The van der Waals surface area contributed by atoms with Gasteiger partial charge in [-0.1, -0.05) is 33.8 Å². The number of morpholine rings is 1. The molecule has 0 spiro atoms. The second-order valence-electron chi connectivity index (χ2n) is 9.88. The first-order chi connectivity index (χ1) is 14.3. The molecule has 0 aromatic heterocycles. The van der Waals surface area contributed by atoms with E-state index in [0.717, 1.165) is 69.3 Å². The standard InChI is InChI=1S/C24H38N2O4/c1-19(16-24(2,3)4)14-23(27)26(9-5-8-25-10-12-28-13-11-25)17-20-6-7-21-22(15-20)30-18-29-21/h6-7,15,19H,5,8-14,16-18H2,1-4H3. The minimum absolute atomic E-state index is 0.234. The minimum Gasteiger partial charge on any atom is -0.454 e. The van der Waals surface area contributed by atoms with Crippen molar-refractivity contribution in [3.8, 4) is 11.5 Å². The Bertz CT molecular complexity index is 695. The van der Waals surface area contributed by atoms with Gasteiger partial charge in [-0.2, -0.15) is 0 Å². The average molecular weight is 419 g/mol. The van der Waals surface area contributed by atoms with Crippen molar-refractivity contribution in [3.05, 3.63) is 23.8 Å². The van der Waals surface area contributed by atoms with Gasteiger partial charge in [0.2, 0.25) is 12.7 Å². The zero-order valence-electron chi connectivity index (χ0n) is 19.1. The monoisotopic (exact) mass is 418 g/mol. The van der Waals surface area contributed by atoms with Gasteiger partial charge >= 0.3 is 0 Å². The predicted octanol–water partition coefficient (Wildman–Crippen LogP) is 3.93.